The van der Waals surface area contributed by atoms with Gasteiger partial charge in [-0.05, 0) is 24.3 Å². The molecule has 0 saturated heterocycles. The first-order valence-corrected chi connectivity index (χ1v) is 6.71. The second kappa shape index (κ2) is 6.60. The van der Waals surface area contributed by atoms with Crippen molar-refractivity contribution in [1.29, 1.82) is 0 Å². The van der Waals surface area contributed by atoms with Crippen molar-refractivity contribution in [3.63, 3.8) is 0 Å². The minimum Gasteiger partial charge on any atom is -0.341 e. The number of carbonyl (C=O) groups excluding carboxylic acids is 1. The third kappa shape index (κ3) is 3.84. The molecule has 1 aromatic carbocycles. The van der Waals surface area contributed by atoms with Crippen LogP contribution in [0, 0.1) is 0 Å². The highest BCUT2D eigenvalue weighted by molar-refractivity contribution is 5.95. The van der Waals surface area contributed by atoms with E-state index in [1.807, 2.05) is 12.1 Å². The Bertz CT molecular complexity index is 641. The number of halogens is 3. The molecule has 0 aliphatic heterocycles. The SMILES string of the molecule is CN(CCc1ccccn1)C(=O)c1ccccc1C(F)(F)F. The maximum absolute atomic E-state index is 12.9. The van der Waals surface area contributed by atoms with Crippen LogP contribution in [-0.4, -0.2) is 29.4 Å². The average Bonchev–Trinajstić information content (AvgIpc) is 2.52. The average molecular weight is 308 g/mol. The van der Waals surface area contributed by atoms with E-state index in [1.54, 1.807) is 12.3 Å². The van der Waals surface area contributed by atoms with Gasteiger partial charge in [0, 0.05) is 31.9 Å². The molecule has 1 aromatic heterocycles. The fraction of sp³-hybridized carbons (Fsp3) is 0.250. The maximum Gasteiger partial charge on any atom is 0.417 e. The van der Waals surface area contributed by atoms with E-state index in [4.69, 9.17) is 0 Å². The van der Waals surface area contributed by atoms with Gasteiger partial charge in [-0.2, -0.15) is 13.2 Å². The van der Waals surface area contributed by atoms with Crippen LogP contribution in [0.3, 0.4) is 0 Å². The fourth-order valence-electron chi connectivity index (χ4n) is 2.05. The molecule has 0 radical (unpaired) electrons. The molecule has 2 rings (SSSR count). The zero-order valence-electron chi connectivity index (χ0n) is 12.0. The number of carbonyl (C=O) groups is 1. The Morgan fingerprint density at radius 1 is 1.14 bits per heavy atom. The summed E-state index contributed by atoms with van der Waals surface area (Å²) in [4.78, 5) is 17.6. The van der Waals surface area contributed by atoms with Gasteiger partial charge in [0.1, 0.15) is 0 Å². The molecular formula is C16H15F3N2O. The predicted molar refractivity (Wildman–Crippen MR) is 76.3 cm³/mol. The van der Waals surface area contributed by atoms with Crippen LogP contribution in [0.2, 0.25) is 0 Å². The molecule has 1 amide bonds. The van der Waals surface area contributed by atoms with Crippen LogP contribution in [0.25, 0.3) is 0 Å². The summed E-state index contributed by atoms with van der Waals surface area (Å²) >= 11 is 0. The summed E-state index contributed by atoms with van der Waals surface area (Å²) in [7, 11) is 1.48. The van der Waals surface area contributed by atoms with Crippen molar-refractivity contribution < 1.29 is 18.0 Å². The van der Waals surface area contributed by atoms with Crippen LogP contribution in [0.5, 0.6) is 0 Å². The van der Waals surface area contributed by atoms with Crippen LogP contribution in [-0.2, 0) is 12.6 Å². The Kier molecular flexibility index (Phi) is 4.80. The van der Waals surface area contributed by atoms with E-state index < -0.39 is 17.6 Å². The summed E-state index contributed by atoms with van der Waals surface area (Å²) in [5.41, 5.74) is -0.463. The lowest BCUT2D eigenvalue weighted by molar-refractivity contribution is -0.138. The molecule has 2 aromatic rings. The van der Waals surface area contributed by atoms with Crippen molar-refractivity contribution in [3.8, 4) is 0 Å². The highest BCUT2D eigenvalue weighted by Crippen LogP contribution is 2.32. The van der Waals surface area contributed by atoms with Crippen LogP contribution in [0.4, 0.5) is 13.2 Å². The molecule has 0 fully saturated rings. The highest BCUT2D eigenvalue weighted by atomic mass is 19.4. The Balaban J connectivity index is 2.11. The van der Waals surface area contributed by atoms with Crippen molar-refractivity contribution in [2.75, 3.05) is 13.6 Å². The summed E-state index contributed by atoms with van der Waals surface area (Å²) in [6, 6.07) is 10.2. The molecule has 0 aliphatic carbocycles. The van der Waals surface area contributed by atoms with Crippen molar-refractivity contribution in [2.45, 2.75) is 12.6 Å². The number of rotatable bonds is 4. The van der Waals surface area contributed by atoms with Gasteiger partial charge in [0.2, 0.25) is 0 Å². The number of hydrogen-bond acceptors (Lipinski definition) is 2. The van der Waals surface area contributed by atoms with Crippen LogP contribution >= 0.6 is 0 Å². The number of alkyl halides is 3. The largest absolute Gasteiger partial charge is 0.417 e. The zero-order valence-corrected chi connectivity index (χ0v) is 12.0. The molecule has 0 spiro atoms. The number of pyridine rings is 1. The Morgan fingerprint density at radius 2 is 1.82 bits per heavy atom. The minimum atomic E-state index is -4.55. The molecule has 1 heterocycles. The molecule has 116 valence electrons. The van der Waals surface area contributed by atoms with E-state index in [0.29, 0.717) is 13.0 Å². The van der Waals surface area contributed by atoms with Gasteiger partial charge < -0.3 is 4.90 Å². The molecule has 22 heavy (non-hydrogen) atoms. The molecule has 0 bridgehead atoms. The molecule has 6 heteroatoms. The third-order valence-electron chi connectivity index (χ3n) is 3.24. The number of hydrogen-bond donors (Lipinski definition) is 0. The molecule has 3 nitrogen and oxygen atoms in total. The van der Waals surface area contributed by atoms with Gasteiger partial charge in [-0.25, -0.2) is 0 Å². The molecule has 0 N–H and O–H groups in total. The second-order valence-corrected chi connectivity index (χ2v) is 4.84. The van der Waals surface area contributed by atoms with Gasteiger partial charge in [0.05, 0.1) is 11.1 Å². The first kappa shape index (κ1) is 16.0. The van der Waals surface area contributed by atoms with Gasteiger partial charge in [-0.3, -0.25) is 9.78 Å². The fourth-order valence-corrected chi connectivity index (χ4v) is 2.05. The van der Waals surface area contributed by atoms with E-state index in [9.17, 15) is 18.0 Å². The van der Waals surface area contributed by atoms with Crippen molar-refractivity contribution in [3.05, 3.63) is 65.5 Å². The van der Waals surface area contributed by atoms with Gasteiger partial charge in [-0.1, -0.05) is 18.2 Å². The number of nitrogens with zero attached hydrogens (tertiary/aromatic N) is 2. The van der Waals surface area contributed by atoms with Gasteiger partial charge in [0.15, 0.2) is 0 Å². The topological polar surface area (TPSA) is 33.2 Å². The monoisotopic (exact) mass is 308 g/mol. The van der Waals surface area contributed by atoms with Crippen molar-refractivity contribution in [2.24, 2.45) is 0 Å². The molecule has 0 atom stereocenters. The minimum absolute atomic E-state index is 0.294. The highest BCUT2D eigenvalue weighted by Gasteiger charge is 2.35. The lowest BCUT2D eigenvalue weighted by Gasteiger charge is -2.19. The lowest BCUT2D eigenvalue weighted by atomic mass is 10.1. The molecule has 0 aliphatic rings. The Labute approximate surface area is 126 Å². The Morgan fingerprint density at radius 3 is 2.45 bits per heavy atom. The standard InChI is InChI=1S/C16H15F3N2O/c1-21(11-9-12-6-4-5-10-20-12)15(22)13-7-2-3-8-14(13)16(17,18)19/h2-8,10H,9,11H2,1H3. The van der Waals surface area contributed by atoms with E-state index in [0.717, 1.165) is 11.8 Å². The van der Waals surface area contributed by atoms with E-state index in [-0.39, 0.29) is 5.56 Å². The van der Waals surface area contributed by atoms with Crippen LogP contribution in [0.1, 0.15) is 21.6 Å². The van der Waals surface area contributed by atoms with E-state index in [1.165, 1.54) is 30.1 Å². The zero-order chi connectivity index (χ0) is 16.2. The van der Waals surface area contributed by atoms with Crippen LogP contribution < -0.4 is 0 Å². The lowest BCUT2D eigenvalue weighted by Crippen LogP contribution is -2.30. The first-order valence-electron chi connectivity index (χ1n) is 6.71. The second-order valence-electron chi connectivity index (χ2n) is 4.84. The predicted octanol–water partition coefficient (Wildman–Crippen LogP) is 3.42. The number of amides is 1. The van der Waals surface area contributed by atoms with Crippen LogP contribution in [0.15, 0.2) is 48.7 Å². The maximum atomic E-state index is 12.9. The molecule has 0 unspecified atom stereocenters. The Hall–Kier alpha value is -2.37. The van der Waals surface area contributed by atoms with Gasteiger partial charge in [-0.15, -0.1) is 0 Å². The number of likely N-dealkylation sites (N-methyl/N-ethyl adjacent to an activating group) is 1. The quantitative estimate of drug-likeness (QED) is 0.867. The van der Waals surface area contributed by atoms with Gasteiger partial charge >= 0.3 is 6.18 Å². The summed E-state index contributed by atoms with van der Waals surface area (Å²) in [5.74, 6) is -0.649. The van der Waals surface area contributed by atoms with E-state index in [2.05, 4.69) is 4.98 Å². The summed E-state index contributed by atoms with van der Waals surface area (Å²) < 4.78 is 38.8. The smallest absolute Gasteiger partial charge is 0.341 e. The third-order valence-corrected chi connectivity index (χ3v) is 3.24. The van der Waals surface area contributed by atoms with Gasteiger partial charge in [0.25, 0.3) is 5.91 Å². The van der Waals surface area contributed by atoms with Crippen molar-refractivity contribution in [1.82, 2.24) is 9.88 Å². The molecular weight excluding hydrogens is 293 g/mol. The summed E-state index contributed by atoms with van der Waals surface area (Å²) in [6.45, 7) is 0.294. The summed E-state index contributed by atoms with van der Waals surface area (Å²) in [5, 5.41) is 0. The number of aromatic nitrogens is 1. The molecule has 0 saturated carbocycles. The normalized spacial score (nSPS) is 11.3. The van der Waals surface area contributed by atoms with E-state index >= 15 is 0 Å². The summed E-state index contributed by atoms with van der Waals surface area (Å²) in [6.07, 6.45) is -2.43. The van der Waals surface area contributed by atoms with Crippen molar-refractivity contribution >= 4 is 5.91 Å². The first-order chi connectivity index (χ1) is 10.4. The number of benzene rings is 1.